The maximum absolute atomic E-state index is 3.96. The van der Waals surface area contributed by atoms with Crippen LogP contribution in [-0.2, 0) is 0 Å². The molecule has 0 radical (unpaired) electrons. The topological polar surface area (TPSA) is 12.0 Å². The van der Waals surface area contributed by atoms with Crippen molar-refractivity contribution in [2.45, 2.75) is 75.6 Å². The number of hydrogen-bond donors (Lipinski definition) is 1. The van der Waals surface area contributed by atoms with Crippen molar-refractivity contribution in [3.63, 3.8) is 0 Å². The van der Waals surface area contributed by atoms with Crippen molar-refractivity contribution in [1.29, 1.82) is 0 Å². The third-order valence-corrected chi connectivity index (χ3v) is 5.63. The van der Waals surface area contributed by atoms with Crippen LogP contribution in [0, 0.1) is 5.92 Å². The summed E-state index contributed by atoms with van der Waals surface area (Å²) in [4.78, 5) is 0. The molecule has 1 nitrogen and oxygen atoms in total. The SMILES string of the molecule is CSC1CCCC1NC1CCCC(C)CC1. The molecule has 0 amide bonds. The van der Waals surface area contributed by atoms with Crippen LogP contribution >= 0.6 is 11.8 Å². The van der Waals surface area contributed by atoms with Crippen LogP contribution in [0.25, 0.3) is 0 Å². The quantitative estimate of drug-likeness (QED) is 0.754. The Hall–Kier alpha value is 0.310. The summed E-state index contributed by atoms with van der Waals surface area (Å²) < 4.78 is 0. The Balaban J connectivity index is 1.79. The largest absolute Gasteiger partial charge is 0.310 e. The van der Waals surface area contributed by atoms with Gasteiger partial charge in [0.1, 0.15) is 0 Å². The van der Waals surface area contributed by atoms with Crippen molar-refractivity contribution >= 4 is 11.8 Å². The van der Waals surface area contributed by atoms with Crippen LogP contribution in [0.15, 0.2) is 0 Å². The molecule has 0 aromatic rings. The minimum absolute atomic E-state index is 0.813. The minimum atomic E-state index is 0.813. The van der Waals surface area contributed by atoms with Gasteiger partial charge in [-0.05, 0) is 44.3 Å². The Morgan fingerprint density at radius 1 is 0.938 bits per heavy atom. The third kappa shape index (κ3) is 3.40. The van der Waals surface area contributed by atoms with Gasteiger partial charge in [0.2, 0.25) is 0 Å². The van der Waals surface area contributed by atoms with E-state index in [1.54, 1.807) is 0 Å². The molecule has 0 aromatic heterocycles. The van der Waals surface area contributed by atoms with Gasteiger partial charge in [0.25, 0.3) is 0 Å². The van der Waals surface area contributed by atoms with Crippen LogP contribution in [0.5, 0.6) is 0 Å². The Bertz CT molecular complexity index is 207. The molecular formula is C14H27NS. The second-order valence-corrected chi connectivity index (χ2v) is 6.87. The lowest BCUT2D eigenvalue weighted by Crippen LogP contribution is -2.41. The van der Waals surface area contributed by atoms with Crippen molar-refractivity contribution in [2.75, 3.05) is 6.26 Å². The second kappa shape index (κ2) is 6.30. The van der Waals surface area contributed by atoms with E-state index in [0.29, 0.717) is 0 Å². The van der Waals surface area contributed by atoms with E-state index < -0.39 is 0 Å². The van der Waals surface area contributed by atoms with Crippen molar-refractivity contribution in [3.8, 4) is 0 Å². The Morgan fingerprint density at radius 3 is 2.56 bits per heavy atom. The predicted molar refractivity (Wildman–Crippen MR) is 74.1 cm³/mol. The van der Waals surface area contributed by atoms with Gasteiger partial charge in [-0.1, -0.05) is 26.2 Å². The highest BCUT2D eigenvalue weighted by Gasteiger charge is 2.28. The molecule has 0 aliphatic heterocycles. The van der Waals surface area contributed by atoms with E-state index in [9.17, 15) is 0 Å². The van der Waals surface area contributed by atoms with Gasteiger partial charge in [0.15, 0.2) is 0 Å². The summed E-state index contributed by atoms with van der Waals surface area (Å²) in [7, 11) is 0. The molecule has 2 aliphatic rings. The van der Waals surface area contributed by atoms with Gasteiger partial charge in [0, 0.05) is 17.3 Å². The summed E-state index contributed by atoms with van der Waals surface area (Å²) in [6.45, 7) is 2.42. The number of nitrogens with one attached hydrogen (secondary N) is 1. The minimum Gasteiger partial charge on any atom is -0.310 e. The lowest BCUT2D eigenvalue weighted by molar-refractivity contribution is 0.395. The Kier molecular flexibility index (Phi) is 5.02. The van der Waals surface area contributed by atoms with Crippen LogP contribution in [0.1, 0.15) is 58.3 Å². The zero-order chi connectivity index (χ0) is 11.4. The molecule has 2 fully saturated rings. The van der Waals surface area contributed by atoms with Gasteiger partial charge in [-0.25, -0.2) is 0 Å². The van der Waals surface area contributed by atoms with E-state index >= 15 is 0 Å². The molecule has 2 saturated carbocycles. The van der Waals surface area contributed by atoms with Crippen LogP contribution in [-0.4, -0.2) is 23.6 Å². The fraction of sp³-hybridized carbons (Fsp3) is 1.00. The van der Waals surface area contributed by atoms with Crippen molar-refractivity contribution in [2.24, 2.45) is 5.92 Å². The molecule has 4 unspecified atom stereocenters. The van der Waals surface area contributed by atoms with E-state index in [-0.39, 0.29) is 0 Å². The summed E-state index contributed by atoms with van der Waals surface area (Å²) in [5.74, 6) is 0.965. The van der Waals surface area contributed by atoms with E-state index in [2.05, 4.69) is 30.3 Å². The number of rotatable bonds is 3. The van der Waals surface area contributed by atoms with Gasteiger partial charge >= 0.3 is 0 Å². The zero-order valence-electron chi connectivity index (χ0n) is 10.9. The molecule has 0 heterocycles. The fourth-order valence-electron chi connectivity index (χ4n) is 3.36. The first-order chi connectivity index (χ1) is 7.79. The second-order valence-electron chi connectivity index (χ2n) is 5.79. The summed E-state index contributed by atoms with van der Waals surface area (Å²) in [6.07, 6.45) is 13.7. The highest BCUT2D eigenvalue weighted by atomic mass is 32.2. The van der Waals surface area contributed by atoms with Crippen LogP contribution in [0.3, 0.4) is 0 Å². The predicted octanol–water partition coefficient (Wildman–Crippen LogP) is 3.83. The smallest absolute Gasteiger partial charge is 0.0198 e. The molecule has 0 saturated heterocycles. The van der Waals surface area contributed by atoms with E-state index in [1.807, 2.05) is 0 Å². The fourth-order valence-corrected chi connectivity index (χ4v) is 4.30. The maximum atomic E-state index is 3.96. The molecule has 2 rings (SSSR count). The molecular weight excluding hydrogens is 214 g/mol. The molecule has 2 heteroatoms. The van der Waals surface area contributed by atoms with Gasteiger partial charge in [-0.15, -0.1) is 0 Å². The maximum Gasteiger partial charge on any atom is 0.0198 e. The Labute approximate surface area is 105 Å². The highest BCUT2D eigenvalue weighted by molar-refractivity contribution is 7.99. The lowest BCUT2D eigenvalue weighted by atomic mass is 10.0. The van der Waals surface area contributed by atoms with Gasteiger partial charge in [-0.3, -0.25) is 0 Å². The number of hydrogen-bond acceptors (Lipinski definition) is 2. The van der Waals surface area contributed by atoms with E-state index in [0.717, 1.165) is 23.3 Å². The summed E-state index contributed by atoms with van der Waals surface area (Å²) in [5.41, 5.74) is 0. The molecule has 16 heavy (non-hydrogen) atoms. The van der Waals surface area contributed by atoms with E-state index in [1.165, 1.54) is 51.4 Å². The van der Waals surface area contributed by atoms with Crippen LogP contribution in [0.2, 0.25) is 0 Å². The van der Waals surface area contributed by atoms with E-state index in [4.69, 9.17) is 0 Å². The first-order valence-electron chi connectivity index (χ1n) is 7.08. The van der Waals surface area contributed by atoms with Gasteiger partial charge < -0.3 is 5.32 Å². The third-order valence-electron chi connectivity index (χ3n) is 4.46. The molecule has 0 aromatic carbocycles. The summed E-state index contributed by atoms with van der Waals surface area (Å²) >= 11 is 2.07. The molecule has 2 aliphatic carbocycles. The first kappa shape index (κ1) is 12.8. The Morgan fingerprint density at radius 2 is 1.75 bits per heavy atom. The standard InChI is InChI=1S/C14H27NS/c1-11-5-3-6-12(10-9-11)15-13-7-4-8-14(13)16-2/h11-15H,3-10H2,1-2H3. The van der Waals surface area contributed by atoms with Crippen LogP contribution < -0.4 is 5.32 Å². The normalized spacial score (nSPS) is 40.9. The number of thioether (sulfide) groups is 1. The highest BCUT2D eigenvalue weighted by Crippen LogP contribution is 2.30. The van der Waals surface area contributed by atoms with Crippen molar-refractivity contribution in [3.05, 3.63) is 0 Å². The molecule has 0 bridgehead atoms. The van der Waals surface area contributed by atoms with Gasteiger partial charge in [-0.2, -0.15) is 11.8 Å². The monoisotopic (exact) mass is 241 g/mol. The molecule has 0 spiro atoms. The molecule has 94 valence electrons. The van der Waals surface area contributed by atoms with Crippen LogP contribution in [0.4, 0.5) is 0 Å². The lowest BCUT2D eigenvalue weighted by Gasteiger charge is -2.25. The molecule has 1 N–H and O–H groups in total. The van der Waals surface area contributed by atoms with Gasteiger partial charge in [0.05, 0.1) is 0 Å². The van der Waals surface area contributed by atoms with Crippen molar-refractivity contribution in [1.82, 2.24) is 5.32 Å². The van der Waals surface area contributed by atoms with Crippen molar-refractivity contribution < 1.29 is 0 Å². The summed E-state index contributed by atoms with van der Waals surface area (Å²) in [5, 5.41) is 4.85. The first-order valence-corrected chi connectivity index (χ1v) is 8.37. The zero-order valence-corrected chi connectivity index (χ0v) is 11.7. The molecule has 4 atom stereocenters. The summed E-state index contributed by atoms with van der Waals surface area (Å²) in [6, 6.07) is 1.64. The average molecular weight is 241 g/mol. The average Bonchev–Trinajstić information content (AvgIpc) is 2.63.